The summed E-state index contributed by atoms with van der Waals surface area (Å²) in [5, 5.41) is 9.17. The number of halogens is 3. The SMILES string of the molecule is O=C(Cn1c2c(sc1=O)[C@@H](c1ccc(O)cc1)[C@H]1C(=O)N(c3cccc(C(F)(F)F)c3)C(=O)[C@H]1S2)N1CCOCC1. The molecule has 1 aromatic heterocycles. The second-order valence-electron chi connectivity index (χ2n) is 9.81. The molecule has 41 heavy (non-hydrogen) atoms. The van der Waals surface area contributed by atoms with Gasteiger partial charge >= 0.3 is 11.0 Å². The summed E-state index contributed by atoms with van der Waals surface area (Å²) in [7, 11) is 0. The van der Waals surface area contributed by atoms with Crippen molar-refractivity contribution >= 4 is 46.5 Å². The normalized spacial score (nSPS) is 22.6. The molecule has 1 N–H and O–H groups in total. The average molecular weight is 606 g/mol. The molecule has 14 heteroatoms. The number of benzene rings is 2. The third kappa shape index (κ3) is 4.83. The molecule has 3 aliphatic heterocycles. The first kappa shape index (κ1) is 27.5. The molecule has 0 unspecified atom stereocenters. The Kier molecular flexibility index (Phi) is 6.94. The van der Waals surface area contributed by atoms with Gasteiger partial charge in [-0.1, -0.05) is 41.3 Å². The number of nitrogens with zero attached hydrogens (tertiary/aromatic N) is 3. The number of rotatable bonds is 4. The Morgan fingerprint density at radius 1 is 1.02 bits per heavy atom. The van der Waals surface area contributed by atoms with Crippen molar-refractivity contribution in [1.82, 2.24) is 9.47 Å². The highest BCUT2D eigenvalue weighted by Gasteiger charge is 2.57. The fourth-order valence-electron chi connectivity index (χ4n) is 5.42. The lowest BCUT2D eigenvalue weighted by Crippen LogP contribution is -2.43. The number of imide groups is 1. The van der Waals surface area contributed by atoms with Gasteiger partial charge in [-0.3, -0.25) is 23.7 Å². The van der Waals surface area contributed by atoms with Crippen LogP contribution in [0.25, 0.3) is 0 Å². The lowest BCUT2D eigenvalue weighted by atomic mass is 9.83. The van der Waals surface area contributed by atoms with Gasteiger partial charge in [0.1, 0.15) is 17.5 Å². The Hall–Kier alpha value is -3.62. The van der Waals surface area contributed by atoms with Crippen LogP contribution in [0.1, 0.15) is 21.9 Å². The van der Waals surface area contributed by atoms with E-state index in [0.717, 1.165) is 46.2 Å². The summed E-state index contributed by atoms with van der Waals surface area (Å²) in [6.07, 6.45) is -4.68. The molecule has 214 valence electrons. The number of phenols is 1. The van der Waals surface area contributed by atoms with Gasteiger partial charge in [0.15, 0.2) is 0 Å². The molecule has 0 radical (unpaired) electrons. The van der Waals surface area contributed by atoms with Gasteiger partial charge in [-0.15, -0.1) is 0 Å². The second-order valence-corrected chi connectivity index (χ2v) is 11.9. The summed E-state index contributed by atoms with van der Waals surface area (Å²) in [5.41, 5.74) is -0.653. The number of alkyl halides is 3. The summed E-state index contributed by atoms with van der Waals surface area (Å²) < 4.78 is 46.9. The molecule has 2 saturated heterocycles. The van der Waals surface area contributed by atoms with E-state index in [0.29, 0.717) is 41.8 Å². The van der Waals surface area contributed by atoms with Crippen molar-refractivity contribution in [2.75, 3.05) is 31.2 Å². The van der Waals surface area contributed by atoms with Crippen molar-refractivity contribution < 1.29 is 37.4 Å². The van der Waals surface area contributed by atoms with Gasteiger partial charge in [0.2, 0.25) is 17.7 Å². The van der Waals surface area contributed by atoms with E-state index in [2.05, 4.69) is 0 Å². The largest absolute Gasteiger partial charge is 0.508 e. The van der Waals surface area contributed by atoms with E-state index in [4.69, 9.17) is 4.74 Å². The van der Waals surface area contributed by atoms with Crippen LogP contribution in [0, 0.1) is 5.92 Å². The summed E-state index contributed by atoms with van der Waals surface area (Å²) in [4.78, 5) is 56.3. The molecule has 3 aliphatic rings. The predicted molar refractivity (Wildman–Crippen MR) is 143 cm³/mol. The molecular formula is C27H22F3N3O6S2. The number of anilines is 1. The molecule has 2 fully saturated rings. The van der Waals surface area contributed by atoms with Gasteiger partial charge < -0.3 is 14.7 Å². The van der Waals surface area contributed by atoms with Crippen LogP contribution in [0.15, 0.2) is 58.4 Å². The highest BCUT2D eigenvalue weighted by atomic mass is 32.2. The zero-order valence-corrected chi connectivity index (χ0v) is 22.8. The number of morpholine rings is 1. The number of thiazole rings is 1. The molecular weight excluding hydrogens is 583 g/mol. The first-order chi connectivity index (χ1) is 19.5. The highest BCUT2D eigenvalue weighted by molar-refractivity contribution is 8.00. The second kappa shape index (κ2) is 10.3. The fourth-order valence-corrected chi connectivity index (χ4v) is 8.19. The van der Waals surface area contributed by atoms with Crippen LogP contribution in [-0.4, -0.2) is 63.8 Å². The van der Waals surface area contributed by atoms with Gasteiger partial charge in [0.05, 0.1) is 35.4 Å². The molecule has 0 spiro atoms. The van der Waals surface area contributed by atoms with Gasteiger partial charge in [0.25, 0.3) is 0 Å². The molecule has 4 heterocycles. The van der Waals surface area contributed by atoms with E-state index in [9.17, 15) is 37.5 Å². The molecule has 2 aromatic carbocycles. The minimum absolute atomic E-state index is 0.0306. The standard InChI is InChI=1S/C27H22F3N3O6S2/c28-27(29,30)15-2-1-3-16(12-15)33-23(36)20-19(14-4-6-17(34)7-5-14)22-25(40-21(20)24(33)37)32(26(38)41-22)13-18(35)31-8-10-39-11-9-31/h1-7,12,19-21,34H,8-11,13H2/t19-,20+,21-/m0/s1. The monoisotopic (exact) mass is 605 g/mol. The third-order valence-electron chi connectivity index (χ3n) is 7.39. The number of thioether (sulfide) groups is 1. The van der Waals surface area contributed by atoms with Crippen molar-refractivity contribution in [3.8, 4) is 5.75 Å². The summed E-state index contributed by atoms with van der Waals surface area (Å²) in [6, 6.07) is 10.0. The van der Waals surface area contributed by atoms with Crippen molar-refractivity contribution in [3.05, 3.63) is 74.2 Å². The quantitative estimate of drug-likeness (QED) is 0.455. The first-order valence-electron chi connectivity index (χ1n) is 12.6. The van der Waals surface area contributed by atoms with Crippen LogP contribution >= 0.6 is 23.1 Å². The van der Waals surface area contributed by atoms with E-state index >= 15 is 0 Å². The van der Waals surface area contributed by atoms with Crippen LogP contribution in [-0.2, 0) is 31.8 Å². The van der Waals surface area contributed by atoms with E-state index in [1.54, 1.807) is 17.0 Å². The third-order valence-corrected chi connectivity index (χ3v) is 9.99. The van der Waals surface area contributed by atoms with Crippen LogP contribution in [0.2, 0.25) is 0 Å². The number of carbonyl (C=O) groups excluding carboxylic acids is 3. The van der Waals surface area contributed by atoms with E-state index in [1.165, 1.54) is 22.8 Å². The number of fused-ring (bicyclic) bond motifs is 2. The Balaban J connectivity index is 1.43. The molecule has 3 aromatic rings. The number of aromatic nitrogens is 1. The Morgan fingerprint density at radius 2 is 1.73 bits per heavy atom. The molecule has 3 atom stereocenters. The number of aromatic hydroxyl groups is 1. The number of hydrogen-bond donors (Lipinski definition) is 1. The summed E-state index contributed by atoms with van der Waals surface area (Å²) in [6.45, 7) is 1.26. The van der Waals surface area contributed by atoms with Gasteiger partial charge in [-0.2, -0.15) is 13.2 Å². The molecule has 6 rings (SSSR count). The highest BCUT2D eigenvalue weighted by Crippen LogP contribution is 2.54. The summed E-state index contributed by atoms with van der Waals surface area (Å²) in [5.74, 6) is -3.55. The lowest BCUT2D eigenvalue weighted by Gasteiger charge is -2.31. The predicted octanol–water partition coefficient (Wildman–Crippen LogP) is 3.29. The van der Waals surface area contributed by atoms with E-state index < -0.39 is 45.5 Å². The fraction of sp³-hybridized carbons (Fsp3) is 0.333. The van der Waals surface area contributed by atoms with Crippen molar-refractivity contribution in [2.45, 2.75) is 28.9 Å². The number of phenolic OH excluding ortho intramolecular Hbond substituents is 1. The first-order valence-corrected chi connectivity index (χ1v) is 14.3. The van der Waals surface area contributed by atoms with Crippen LogP contribution in [0.3, 0.4) is 0 Å². The van der Waals surface area contributed by atoms with Gasteiger partial charge in [0, 0.05) is 23.9 Å². The average Bonchev–Trinajstić information content (AvgIpc) is 3.39. The number of amides is 3. The molecule has 3 amide bonds. The Morgan fingerprint density at radius 3 is 2.41 bits per heavy atom. The molecule has 9 nitrogen and oxygen atoms in total. The van der Waals surface area contributed by atoms with Crippen LogP contribution in [0.5, 0.6) is 5.75 Å². The van der Waals surface area contributed by atoms with Crippen molar-refractivity contribution in [3.63, 3.8) is 0 Å². The lowest BCUT2D eigenvalue weighted by molar-refractivity contribution is -0.138. The Bertz CT molecular complexity index is 1600. The minimum Gasteiger partial charge on any atom is -0.508 e. The number of carbonyl (C=O) groups is 3. The van der Waals surface area contributed by atoms with E-state index in [-0.39, 0.29) is 23.9 Å². The maximum Gasteiger partial charge on any atom is 0.416 e. The molecule has 0 saturated carbocycles. The van der Waals surface area contributed by atoms with E-state index in [1.807, 2.05) is 0 Å². The maximum atomic E-state index is 13.9. The molecule has 0 aliphatic carbocycles. The van der Waals surface area contributed by atoms with Gasteiger partial charge in [-0.25, -0.2) is 4.90 Å². The summed E-state index contributed by atoms with van der Waals surface area (Å²) >= 11 is 1.85. The Labute approximate surface area is 239 Å². The van der Waals surface area contributed by atoms with Crippen molar-refractivity contribution in [1.29, 1.82) is 0 Å². The van der Waals surface area contributed by atoms with Crippen LogP contribution in [0.4, 0.5) is 18.9 Å². The number of hydrogen-bond acceptors (Lipinski definition) is 8. The van der Waals surface area contributed by atoms with Crippen LogP contribution < -0.4 is 9.77 Å². The maximum absolute atomic E-state index is 13.9. The smallest absolute Gasteiger partial charge is 0.416 e. The zero-order chi connectivity index (χ0) is 29.1. The van der Waals surface area contributed by atoms with Crippen molar-refractivity contribution in [2.24, 2.45) is 5.92 Å². The van der Waals surface area contributed by atoms with Gasteiger partial charge in [-0.05, 0) is 35.9 Å². The number of ether oxygens (including phenoxy) is 1. The topological polar surface area (TPSA) is 109 Å². The molecule has 0 bridgehead atoms. The minimum atomic E-state index is -4.68. The zero-order valence-electron chi connectivity index (χ0n) is 21.2.